The molecule has 1 N–H and O–H groups in total. The van der Waals surface area contributed by atoms with Crippen molar-refractivity contribution in [3.8, 4) is 17.6 Å². The van der Waals surface area contributed by atoms with E-state index >= 15 is 0 Å². The van der Waals surface area contributed by atoms with E-state index in [0.29, 0.717) is 5.69 Å². The molecule has 0 aliphatic carbocycles. The van der Waals surface area contributed by atoms with E-state index in [4.69, 9.17) is 9.47 Å². The lowest BCUT2D eigenvalue weighted by atomic mass is 10.1. The van der Waals surface area contributed by atoms with Crippen LogP contribution in [0.2, 0.25) is 0 Å². The number of anilines is 1. The molecule has 2 aromatic carbocycles. The lowest BCUT2D eigenvalue weighted by Crippen LogP contribution is -2.13. The second-order valence-electron chi connectivity index (χ2n) is 5.01. The van der Waals surface area contributed by atoms with Crippen molar-refractivity contribution >= 4 is 23.4 Å². The van der Waals surface area contributed by atoms with E-state index in [0.717, 1.165) is 6.08 Å². The van der Waals surface area contributed by atoms with Crippen LogP contribution < -0.4 is 14.8 Å². The fourth-order valence-corrected chi connectivity index (χ4v) is 2.18. The molecular formula is C18H15N3O5. The second-order valence-corrected chi connectivity index (χ2v) is 5.01. The molecule has 0 spiro atoms. The smallest absolute Gasteiger partial charge is 0.280 e. The largest absolute Gasteiger partial charge is 0.493 e. The van der Waals surface area contributed by atoms with E-state index in [-0.39, 0.29) is 28.3 Å². The van der Waals surface area contributed by atoms with E-state index in [1.807, 2.05) is 0 Å². The molecule has 0 aromatic heterocycles. The first-order valence-electron chi connectivity index (χ1n) is 7.38. The van der Waals surface area contributed by atoms with Crippen LogP contribution >= 0.6 is 0 Å². The zero-order valence-corrected chi connectivity index (χ0v) is 14.1. The zero-order valence-electron chi connectivity index (χ0n) is 14.1. The van der Waals surface area contributed by atoms with Gasteiger partial charge in [-0.1, -0.05) is 18.2 Å². The summed E-state index contributed by atoms with van der Waals surface area (Å²) in [5, 5.41) is 23.2. The third-order valence-corrected chi connectivity index (χ3v) is 3.43. The van der Waals surface area contributed by atoms with Crippen LogP contribution in [0.15, 0.2) is 48.0 Å². The molecule has 0 radical (unpaired) electrons. The van der Waals surface area contributed by atoms with Crippen molar-refractivity contribution in [2.45, 2.75) is 0 Å². The van der Waals surface area contributed by atoms with Gasteiger partial charge in [0, 0.05) is 5.69 Å². The molecule has 2 aromatic rings. The number of ether oxygens (including phenoxy) is 2. The van der Waals surface area contributed by atoms with E-state index in [9.17, 15) is 20.2 Å². The number of rotatable bonds is 6. The number of benzene rings is 2. The standard InChI is InChI=1S/C18H15N3O5/c1-25-16-9-12(15(21(23)24)10-17(16)26-2)8-13(11-19)18(22)20-14-6-4-3-5-7-14/h3-10H,1-2H3,(H,20,22). The minimum absolute atomic E-state index is 0.0485. The van der Waals surface area contributed by atoms with Gasteiger partial charge < -0.3 is 14.8 Å². The first-order chi connectivity index (χ1) is 12.5. The van der Waals surface area contributed by atoms with Crippen LogP contribution in [0.25, 0.3) is 6.08 Å². The summed E-state index contributed by atoms with van der Waals surface area (Å²) in [4.78, 5) is 23.0. The summed E-state index contributed by atoms with van der Waals surface area (Å²) in [6, 6.07) is 12.8. The average molecular weight is 353 g/mol. The van der Waals surface area contributed by atoms with Crippen molar-refractivity contribution in [2.75, 3.05) is 19.5 Å². The fraction of sp³-hybridized carbons (Fsp3) is 0.111. The van der Waals surface area contributed by atoms with E-state index in [1.54, 1.807) is 36.4 Å². The van der Waals surface area contributed by atoms with Gasteiger partial charge in [0.1, 0.15) is 11.6 Å². The lowest BCUT2D eigenvalue weighted by Gasteiger charge is -2.09. The van der Waals surface area contributed by atoms with Gasteiger partial charge in [-0.3, -0.25) is 14.9 Å². The molecule has 0 atom stereocenters. The summed E-state index contributed by atoms with van der Waals surface area (Å²) in [7, 11) is 2.73. The minimum Gasteiger partial charge on any atom is -0.493 e. The van der Waals surface area contributed by atoms with Gasteiger partial charge in [-0.2, -0.15) is 5.26 Å². The zero-order chi connectivity index (χ0) is 19.1. The molecule has 2 rings (SSSR count). The van der Waals surface area contributed by atoms with Crippen molar-refractivity contribution in [3.63, 3.8) is 0 Å². The lowest BCUT2D eigenvalue weighted by molar-refractivity contribution is -0.385. The predicted octanol–water partition coefficient (Wildman–Crippen LogP) is 3.16. The molecule has 132 valence electrons. The van der Waals surface area contributed by atoms with Gasteiger partial charge in [0.05, 0.1) is 30.8 Å². The monoisotopic (exact) mass is 353 g/mol. The Labute approximate surface area is 149 Å². The molecule has 8 nitrogen and oxygen atoms in total. The van der Waals surface area contributed by atoms with Gasteiger partial charge in [-0.05, 0) is 24.3 Å². The maximum absolute atomic E-state index is 12.3. The number of hydrogen-bond donors (Lipinski definition) is 1. The summed E-state index contributed by atoms with van der Waals surface area (Å²) in [6.07, 6.45) is 1.14. The number of nitrogens with zero attached hydrogens (tertiary/aromatic N) is 2. The Bertz CT molecular complexity index is 901. The number of carbonyl (C=O) groups excluding carboxylic acids is 1. The van der Waals surface area contributed by atoms with Gasteiger partial charge in [0.25, 0.3) is 11.6 Å². The molecule has 0 bridgehead atoms. The van der Waals surface area contributed by atoms with Crippen molar-refractivity contribution in [3.05, 3.63) is 63.7 Å². The molecule has 0 heterocycles. The fourth-order valence-electron chi connectivity index (χ4n) is 2.18. The Morgan fingerprint density at radius 3 is 2.35 bits per heavy atom. The maximum atomic E-state index is 12.3. The molecule has 0 aliphatic heterocycles. The number of nitro groups is 1. The van der Waals surface area contributed by atoms with Gasteiger partial charge in [0.15, 0.2) is 11.5 Å². The van der Waals surface area contributed by atoms with Crippen LogP contribution in [0.3, 0.4) is 0 Å². The number of nitrogens with one attached hydrogen (secondary N) is 1. The third-order valence-electron chi connectivity index (χ3n) is 3.43. The SMILES string of the molecule is COc1cc(C=C(C#N)C(=O)Nc2ccccc2)c([N+](=O)[O-])cc1OC. The van der Waals surface area contributed by atoms with E-state index in [2.05, 4.69) is 5.32 Å². The van der Waals surface area contributed by atoms with Crippen molar-refractivity contribution in [1.82, 2.24) is 0 Å². The number of nitriles is 1. The maximum Gasteiger partial charge on any atom is 0.280 e. The molecule has 8 heteroatoms. The highest BCUT2D eigenvalue weighted by molar-refractivity contribution is 6.10. The molecule has 0 unspecified atom stereocenters. The van der Waals surface area contributed by atoms with Gasteiger partial charge in [-0.25, -0.2) is 0 Å². The topological polar surface area (TPSA) is 114 Å². The molecule has 1 amide bonds. The average Bonchev–Trinajstić information content (AvgIpc) is 2.65. The highest BCUT2D eigenvalue weighted by Crippen LogP contribution is 2.35. The van der Waals surface area contributed by atoms with Crippen LogP contribution in [0.1, 0.15) is 5.56 Å². The Kier molecular flexibility index (Phi) is 5.90. The predicted molar refractivity (Wildman–Crippen MR) is 94.9 cm³/mol. The first-order valence-corrected chi connectivity index (χ1v) is 7.38. The number of nitro benzene ring substituents is 1. The molecule has 0 saturated carbocycles. The van der Waals surface area contributed by atoms with Crippen molar-refractivity contribution < 1.29 is 19.2 Å². The van der Waals surface area contributed by atoms with Gasteiger partial charge in [-0.15, -0.1) is 0 Å². The van der Waals surface area contributed by atoms with Crippen molar-refractivity contribution in [1.29, 1.82) is 5.26 Å². The highest BCUT2D eigenvalue weighted by Gasteiger charge is 2.20. The Morgan fingerprint density at radius 1 is 1.19 bits per heavy atom. The van der Waals surface area contributed by atoms with E-state index < -0.39 is 10.8 Å². The Balaban J connectivity index is 2.46. The second kappa shape index (κ2) is 8.30. The Morgan fingerprint density at radius 2 is 1.81 bits per heavy atom. The van der Waals surface area contributed by atoms with Crippen LogP contribution in [-0.2, 0) is 4.79 Å². The first kappa shape index (κ1) is 18.5. The number of methoxy groups -OCH3 is 2. The summed E-state index contributed by atoms with van der Waals surface area (Å²) in [5.41, 5.74) is -0.0556. The normalized spacial score (nSPS) is 10.6. The third kappa shape index (κ3) is 4.15. The van der Waals surface area contributed by atoms with Gasteiger partial charge >= 0.3 is 0 Å². The molecule has 0 fully saturated rings. The summed E-state index contributed by atoms with van der Waals surface area (Å²) >= 11 is 0. The number of hydrogen-bond acceptors (Lipinski definition) is 6. The van der Waals surface area contributed by atoms with Crippen LogP contribution in [0.5, 0.6) is 11.5 Å². The minimum atomic E-state index is -0.678. The number of amides is 1. The summed E-state index contributed by atoms with van der Waals surface area (Å²) in [6.45, 7) is 0. The quantitative estimate of drug-likeness (QED) is 0.369. The van der Waals surface area contributed by atoms with Crippen LogP contribution in [0.4, 0.5) is 11.4 Å². The Hall–Kier alpha value is -3.86. The molecule has 0 aliphatic rings. The molecule has 0 saturated heterocycles. The summed E-state index contributed by atoms with van der Waals surface area (Å²) in [5.74, 6) is -0.267. The molecular weight excluding hydrogens is 338 g/mol. The van der Waals surface area contributed by atoms with Crippen LogP contribution in [-0.4, -0.2) is 25.1 Å². The van der Waals surface area contributed by atoms with E-state index in [1.165, 1.54) is 26.4 Å². The van der Waals surface area contributed by atoms with Crippen molar-refractivity contribution in [2.24, 2.45) is 0 Å². The summed E-state index contributed by atoms with van der Waals surface area (Å²) < 4.78 is 10.2. The number of para-hydroxylation sites is 1. The van der Waals surface area contributed by atoms with Gasteiger partial charge in [0.2, 0.25) is 0 Å². The highest BCUT2D eigenvalue weighted by atomic mass is 16.6. The molecule has 26 heavy (non-hydrogen) atoms. The van der Waals surface area contributed by atoms with Crippen LogP contribution in [0, 0.1) is 21.4 Å². The number of carbonyl (C=O) groups is 1.